The highest BCUT2D eigenvalue weighted by Gasteiger charge is 2.17. The molecule has 0 saturated heterocycles. The number of amides is 1. The van der Waals surface area contributed by atoms with Crippen LogP contribution in [0.3, 0.4) is 0 Å². The van der Waals surface area contributed by atoms with Gasteiger partial charge in [-0.25, -0.2) is 0 Å². The molecule has 6 heteroatoms. The minimum atomic E-state index is -0.621. The van der Waals surface area contributed by atoms with Crippen LogP contribution in [0.15, 0.2) is 36.4 Å². The van der Waals surface area contributed by atoms with Crippen molar-refractivity contribution in [2.45, 2.75) is 26.5 Å². The summed E-state index contributed by atoms with van der Waals surface area (Å²) in [7, 11) is 4.68. The number of hydrogen-bond acceptors (Lipinski definition) is 5. The van der Waals surface area contributed by atoms with Crippen LogP contribution in [0.5, 0.6) is 23.0 Å². The predicted molar refractivity (Wildman–Crippen MR) is 99.2 cm³/mol. The Hall–Kier alpha value is -2.89. The number of benzene rings is 2. The Bertz CT molecular complexity index is 743. The van der Waals surface area contributed by atoms with Crippen LogP contribution in [0, 0.1) is 6.92 Å². The zero-order chi connectivity index (χ0) is 19.1. The highest BCUT2D eigenvalue weighted by molar-refractivity contribution is 5.80. The van der Waals surface area contributed by atoms with Gasteiger partial charge in [-0.3, -0.25) is 4.79 Å². The normalized spacial score (nSPS) is 11.4. The lowest BCUT2D eigenvalue weighted by Crippen LogP contribution is -2.36. The number of carbonyl (C=O) groups excluding carboxylic acids is 1. The number of aryl methyl sites for hydroxylation is 1. The number of nitrogens with one attached hydrogen (secondary N) is 1. The van der Waals surface area contributed by atoms with E-state index in [4.69, 9.17) is 18.9 Å². The van der Waals surface area contributed by atoms with Gasteiger partial charge in [-0.1, -0.05) is 17.7 Å². The molecular formula is C20H25NO5. The van der Waals surface area contributed by atoms with Crippen molar-refractivity contribution in [3.63, 3.8) is 0 Å². The van der Waals surface area contributed by atoms with E-state index in [1.165, 1.54) is 0 Å². The molecule has 0 saturated carbocycles. The van der Waals surface area contributed by atoms with Gasteiger partial charge in [0.05, 0.1) is 21.3 Å². The Morgan fingerprint density at radius 2 is 1.54 bits per heavy atom. The molecule has 1 amide bonds. The first kappa shape index (κ1) is 19.4. The quantitative estimate of drug-likeness (QED) is 0.784. The average Bonchev–Trinajstić information content (AvgIpc) is 2.66. The second-order valence-corrected chi connectivity index (χ2v) is 5.81. The summed E-state index contributed by atoms with van der Waals surface area (Å²) in [5, 5.41) is 2.85. The molecule has 140 valence electrons. The highest BCUT2D eigenvalue weighted by atomic mass is 16.5. The van der Waals surface area contributed by atoms with Gasteiger partial charge >= 0.3 is 0 Å². The standard InChI is InChI=1S/C20H25NO5/c1-13-6-8-16(9-7-13)26-14(2)20(22)21-12-15-10-18(24-4)19(25-5)11-17(15)23-3/h6-11,14H,12H2,1-5H3,(H,21,22)/t14-/m0/s1. The van der Waals surface area contributed by atoms with E-state index in [9.17, 15) is 4.79 Å². The van der Waals surface area contributed by atoms with E-state index in [0.29, 0.717) is 23.0 Å². The average molecular weight is 359 g/mol. The van der Waals surface area contributed by atoms with Gasteiger partial charge in [-0.15, -0.1) is 0 Å². The molecule has 0 aliphatic heterocycles. The van der Waals surface area contributed by atoms with Crippen LogP contribution in [0.25, 0.3) is 0 Å². The summed E-state index contributed by atoms with van der Waals surface area (Å²) in [6.45, 7) is 3.99. The molecule has 2 rings (SSSR count). The topological polar surface area (TPSA) is 66.0 Å². The lowest BCUT2D eigenvalue weighted by Gasteiger charge is -2.17. The second kappa shape index (κ2) is 8.99. The summed E-state index contributed by atoms with van der Waals surface area (Å²) in [6.07, 6.45) is -0.621. The van der Waals surface area contributed by atoms with Crippen molar-refractivity contribution in [1.29, 1.82) is 0 Å². The minimum absolute atomic E-state index is 0.220. The van der Waals surface area contributed by atoms with Crippen LogP contribution in [-0.2, 0) is 11.3 Å². The van der Waals surface area contributed by atoms with Gasteiger partial charge in [-0.2, -0.15) is 0 Å². The van der Waals surface area contributed by atoms with Crippen LogP contribution in [0.2, 0.25) is 0 Å². The van der Waals surface area contributed by atoms with Gasteiger partial charge in [-0.05, 0) is 32.0 Å². The third-order valence-electron chi connectivity index (χ3n) is 3.94. The summed E-state index contributed by atoms with van der Waals surface area (Å²) in [5.74, 6) is 2.18. The van der Waals surface area contributed by atoms with Crippen LogP contribution in [0.1, 0.15) is 18.1 Å². The van der Waals surface area contributed by atoms with E-state index in [2.05, 4.69) is 5.32 Å². The third-order valence-corrected chi connectivity index (χ3v) is 3.94. The van der Waals surface area contributed by atoms with Crippen LogP contribution >= 0.6 is 0 Å². The molecule has 0 aliphatic carbocycles. The maximum atomic E-state index is 12.3. The lowest BCUT2D eigenvalue weighted by atomic mass is 10.1. The van der Waals surface area contributed by atoms with Crippen molar-refractivity contribution in [3.8, 4) is 23.0 Å². The zero-order valence-corrected chi connectivity index (χ0v) is 15.8. The smallest absolute Gasteiger partial charge is 0.261 e. The largest absolute Gasteiger partial charge is 0.496 e. The van der Waals surface area contributed by atoms with Crippen LogP contribution < -0.4 is 24.3 Å². The molecule has 0 heterocycles. The Labute approximate surface area is 154 Å². The van der Waals surface area contributed by atoms with E-state index < -0.39 is 6.10 Å². The van der Waals surface area contributed by atoms with Gasteiger partial charge < -0.3 is 24.3 Å². The molecule has 2 aromatic carbocycles. The zero-order valence-electron chi connectivity index (χ0n) is 15.8. The number of methoxy groups -OCH3 is 3. The Morgan fingerprint density at radius 1 is 0.962 bits per heavy atom. The molecule has 2 aromatic rings. The summed E-state index contributed by atoms with van der Waals surface area (Å²) < 4.78 is 21.6. The maximum absolute atomic E-state index is 12.3. The summed E-state index contributed by atoms with van der Waals surface area (Å²) in [5.41, 5.74) is 1.91. The van der Waals surface area contributed by atoms with Crippen molar-refractivity contribution in [3.05, 3.63) is 47.5 Å². The van der Waals surface area contributed by atoms with Crippen molar-refractivity contribution in [2.75, 3.05) is 21.3 Å². The number of ether oxygens (including phenoxy) is 4. The van der Waals surface area contributed by atoms with Crippen LogP contribution in [-0.4, -0.2) is 33.3 Å². The molecule has 0 unspecified atom stereocenters. The van der Waals surface area contributed by atoms with Crippen molar-refractivity contribution in [1.82, 2.24) is 5.32 Å². The minimum Gasteiger partial charge on any atom is -0.496 e. The fourth-order valence-electron chi connectivity index (χ4n) is 2.43. The van der Waals surface area contributed by atoms with E-state index in [-0.39, 0.29) is 12.5 Å². The van der Waals surface area contributed by atoms with Gasteiger partial charge in [0.1, 0.15) is 11.5 Å². The molecule has 0 bridgehead atoms. The van der Waals surface area contributed by atoms with Gasteiger partial charge in [0, 0.05) is 18.2 Å². The molecule has 0 aliphatic rings. The van der Waals surface area contributed by atoms with Crippen LogP contribution in [0.4, 0.5) is 0 Å². The third kappa shape index (κ3) is 4.81. The molecule has 1 N–H and O–H groups in total. The molecule has 0 radical (unpaired) electrons. The van der Waals surface area contributed by atoms with E-state index in [1.54, 1.807) is 40.4 Å². The fourth-order valence-corrected chi connectivity index (χ4v) is 2.43. The first-order chi connectivity index (χ1) is 12.5. The lowest BCUT2D eigenvalue weighted by molar-refractivity contribution is -0.127. The summed E-state index contributed by atoms with van der Waals surface area (Å²) in [4.78, 5) is 12.3. The Kier molecular flexibility index (Phi) is 6.72. The maximum Gasteiger partial charge on any atom is 0.261 e. The number of carbonyl (C=O) groups is 1. The molecule has 1 atom stereocenters. The summed E-state index contributed by atoms with van der Waals surface area (Å²) >= 11 is 0. The molecule has 26 heavy (non-hydrogen) atoms. The second-order valence-electron chi connectivity index (χ2n) is 5.81. The van der Waals surface area contributed by atoms with Gasteiger partial charge in [0.15, 0.2) is 17.6 Å². The Balaban J connectivity index is 2.02. The first-order valence-corrected chi connectivity index (χ1v) is 8.28. The fraction of sp³-hybridized carbons (Fsp3) is 0.350. The summed E-state index contributed by atoms with van der Waals surface area (Å²) in [6, 6.07) is 11.1. The number of hydrogen-bond donors (Lipinski definition) is 1. The number of rotatable bonds is 8. The van der Waals surface area contributed by atoms with E-state index in [0.717, 1.165) is 11.1 Å². The monoisotopic (exact) mass is 359 g/mol. The molecule has 0 fully saturated rings. The van der Waals surface area contributed by atoms with Gasteiger partial charge in [0.25, 0.3) is 5.91 Å². The van der Waals surface area contributed by atoms with Crippen molar-refractivity contribution in [2.24, 2.45) is 0 Å². The van der Waals surface area contributed by atoms with E-state index >= 15 is 0 Å². The molecule has 6 nitrogen and oxygen atoms in total. The molecule has 0 aromatic heterocycles. The Morgan fingerprint density at radius 3 is 2.12 bits per heavy atom. The highest BCUT2D eigenvalue weighted by Crippen LogP contribution is 2.34. The van der Waals surface area contributed by atoms with Crippen molar-refractivity contribution < 1.29 is 23.7 Å². The predicted octanol–water partition coefficient (Wildman–Crippen LogP) is 3.10. The van der Waals surface area contributed by atoms with Gasteiger partial charge in [0.2, 0.25) is 0 Å². The molecular weight excluding hydrogens is 334 g/mol. The first-order valence-electron chi connectivity index (χ1n) is 8.28. The molecule has 0 spiro atoms. The van der Waals surface area contributed by atoms with E-state index in [1.807, 2.05) is 31.2 Å². The SMILES string of the molecule is COc1cc(OC)c(OC)cc1CNC(=O)[C@H](C)Oc1ccc(C)cc1. The van der Waals surface area contributed by atoms with Crippen molar-refractivity contribution >= 4 is 5.91 Å².